The molecule has 0 spiro atoms. The van der Waals surface area contributed by atoms with Crippen LogP contribution in [0.3, 0.4) is 0 Å². The number of carbonyl (C=O) groups excluding carboxylic acids is 1. The van der Waals surface area contributed by atoms with Crippen molar-refractivity contribution in [1.82, 2.24) is 10.2 Å². The van der Waals surface area contributed by atoms with Crippen LogP contribution >= 0.6 is 0 Å². The monoisotopic (exact) mass is 214 g/mol. The van der Waals surface area contributed by atoms with Crippen LogP contribution in [0.4, 0.5) is 0 Å². The standard InChI is InChI=1S/C12H26N2O/c1-11(2)13-12(15)9-7-5-6-8-10-14(3)4/h11H,5-10H2,1-4H3,(H,13,15). The Bertz CT molecular complexity index is 167. The van der Waals surface area contributed by atoms with Crippen LogP contribution in [0.5, 0.6) is 0 Å². The van der Waals surface area contributed by atoms with Crippen molar-refractivity contribution in [3.63, 3.8) is 0 Å². The van der Waals surface area contributed by atoms with Crippen LogP contribution in [0.15, 0.2) is 0 Å². The second-order valence-electron chi connectivity index (χ2n) is 4.69. The average molecular weight is 214 g/mol. The Kier molecular flexibility index (Phi) is 8.38. The highest BCUT2D eigenvalue weighted by molar-refractivity contribution is 5.76. The summed E-state index contributed by atoms with van der Waals surface area (Å²) in [7, 11) is 4.19. The van der Waals surface area contributed by atoms with E-state index in [-0.39, 0.29) is 11.9 Å². The molecule has 90 valence electrons. The first-order valence-corrected chi connectivity index (χ1v) is 5.96. The Morgan fingerprint density at radius 2 is 1.73 bits per heavy atom. The van der Waals surface area contributed by atoms with Gasteiger partial charge < -0.3 is 10.2 Å². The van der Waals surface area contributed by atoms with Crippen LogP contribution in [0.2, 0.25) is 0 Å². The maximum absolute atomic E-state index is 11.3. The van der Waals surface area contributed by atoms with E-state index >= 15 is 0 Å². The van der Waals surface area contributed by atoms with Crippen LogP contribution in [-0.4, -0.2) is 37.5 Å². The van der Waals surface area contributed by atoms with E-state index in [9.17, 15) is 4.79 Å². The Morgan fingerprint density at radius 3 is 2.27 bits per heavy atom. The summed E-state index contributed by atoms with van der Waals surface area (Å²) in [5.41, 5.74) is 0. The molecule has 1 N–H and O–H groups in total. The molecular weight excluding hydrogens is 188 g/mol. The maximum atomic E-state index is 11.3. The fourth-order valence-corrected chi connectivity index (χ4v) is 1.46. The van der Waals surface area contributed by atoms with Gasteiger partial charge in [0.2, 0.25) is 5.91 Å². The number of carbonyl (C=O) groups is 1. The quantitative estimate of drug-likeness (QED) is 0.627. The summed E-state index contributed by atoms with van der Waals surface area (Å²) in [6, 6.07) is 0.270. The van der Waals surface area contributed by atoms with Crippen LogP contribution in [0.25, 0.3) is 0 Å². The van der Waals surface area contributed by atoms with E-state index in [4.69, 9.17) is 0 Å². The Balaban J connectivity index is 3.20. The number of hydrogen-bond donors (Lipinski definition) is 1. The topological polar surface area (TPSA) is 32.3 Å². The number of hydrogen-bond acceptors (Lipinski definition) is 2. The number of nitrogens with one attached hydrogen (secondary N) is 1. The Labute approximate surface area is 94.2 Å². The van der Waals surface area contributed by atoms with Crippen molar-refractivity contribution in [2.45, 2.75) is 52.0 Å². The highest BCUT2D eigenvalue weighted by Gasteiger charge is 2.02. The molecule has 3 nitrogen and oxygen atoms in total. The Hall–Kier alpha value is -0.570. The number of nitrogens with zero attached hydrogens (tertiary/aromatic N) is 1. The van der Waals surface area contributed by atoms with E-state index in [1.807, 2.05) is 13.8 Å². The van der Waals surface area contributed by atoms with Crippen molar-refractivity contribution in [3.05, 3.63) is 0 Å². The molecule has 0 bridgehead atoms. The second kappa shape index (κ2) is 8.72. The summed E-state index contributed by atoms with van der Waals surface area (Å²) in [4.78, 5) is 13.5. The lowest BCUT2D eigenvalue weighted by Crippen LogP contribution is -2.29. The zero-order valence-electron chi connectivity index (χ0n) is 10.7. The third kappa shape index (κ3) is 11.4. The summed E-state index contributed by atoms with van der Waals surface area (Å²) in [5.74, 6) is 0.192. The number of rotatable bonds is 8. The molecule has 0 aromatic rings. The van der Waals surface area contributed by atoms with Crippen molar-refractivity contribution in [2.24, 2.45) is 0 Å². The number of amides is 1. The van der Waals surface area contributed by atoms with Gasteiger partial charge in [0.1, 0.15) is 0 Å². The van der Waals surface area contributed by atoms with Crippen LogP contribution < -0.4 is 5.32 Å². The summed E-state index contributed by atoms with van der Waals surface area (Å²) in [6.07, 6.45) is 5.33. The molecule has 0 atom stereocenters. The number of unbranched alkanes of at least 4 members (excludes halogenated alkanes) is 3. The maximum Gasteiger partial charge on any atom is 0.220 e. The smallest absolute Gasteiger partial charge is 0.220 e. The Morgan fingerprint density at radius 1 is 1.13 bits per heavy atom. The molecule has 0 saturated carbocycles. The predicted molar refractivity (Wildman–Crippen MR) is 64.9 cm³/mol. The molecule has 0 rings (SSSR count). The van der Waals surface area contributed by atoms with Gasteiger partial charge >= 0.3 is 0 Å². The lowest BCUT2D eigenvalue weighted by Gasteiger charge is -2.09. The largest absolute Gasteiger partial charge is 0.354 e. The van der Waals surface area contributed by atoms with E-state index < -0.39 is 0 Å². The fourth-order valence-electron chi connectivity index (χ4n) is 1.46. The molecule has 0 fully saturated rings. The molecule has 0 unspecified atom stereocenters. The molecule has 0 radical (unpaired) electrons. The molecule has 1 amide bonds. The minimum Gasteiger partial charge on any atom is -0.354 e. The molecule has 0 heterocycles. The van der Waals surface area contributed by atoms with Gasteiger partial charge in [-0.1, -0.05) is 12.8 Å². The van der Waals surface area contributed by atoms with E-state index in [1.54, 1.807) is 0 Å². The molecule has 0 aliphatic carbocycles. The predicted octanol–water partition coefficient (Wildman–Crippen LogP) is 2.02. The van der Waals surface area contributed by atoms with E-state index in [2.05, 4.69) is 24.3 Å². The van der Waals surface area contributed by atoms with Gasteiger partial charge in [-0.3, -0.25) is 4.79 Å². The first-order valence-electron chi connectivity index (χ1n) is 5.96. The summed E-state index contributed by atoms with van der Waals surface area (Å²) in [5, 5.41) is 2.90. The van der Waals surface area contributed by atoms with Crippen LogP contribution in [-0.2, 0) is 4.79 Å². The molecule has 0 aromatic carbocycles. The molecule has 0 aliphatic rings. The van der Waals surface area contributed by atoms with Gasteiger partial charge in [0, 0.05) is 12.5 Å². The van der Waals surface area contributed by atoms with Crippen molar-refractivity contribution in [1.29, 1.82) is 0 Å². The highest BCUT2D eigenvalue weighted by atomic mass is 16.1. The first kappa shape index (κ1) is 14.4. The second-order valence-corrected chi connectivity index (χ2v) is 4.69. The molecule has 15 heavy (non-hydrogen) atoms. The molecule has 0 aromatic heterocycles. The van der Waals surface area contributed by atoms with Crippen molar-refractivity contribution < 1.29 is 4.79 Å². The normalized spacial score (nSPS) is 11.1. The highest BCUT2D eigenvalue weighted by Crippen LogP contribution is 2.03. The summed E-state index contributed by atoms with van der Waals surface area (Å²) in [6.45, 7) is 5.14. The van der Waals surface area contributed by atoms with E-state index in [0.717, 1.165) is 13.0 Å². The average Bonchev–Trinajstić information content (AvgIpc) is 2.09. The summed E-state index contributed by atoms with van der Waals surface area (Å²) < 4.78 is 0. The zero-order chi connectivity index (χ0) is 11.7. The van der Waals surface area contributed by atoms with Gasteiger partial charge in [-0.05, 0) is 47.3 Å². The fraction of sp³-hybridized carbons (Fsp3) is 0.917. The minimum atomic E-state index is 0.192. The molecule has 3 heteroatoms. The molecular formula is C12H26N2O. The van der Waals surface area contributed by atoms with Crippen LogP contribution in [0, 0.1) is 0 Å². The third-order valence-electron chi connectivity index (χ3n) is 2.21. The van der Waals surface area contributed by atoms with Gasteiger partial charge in [-0.25, -0.2) is 0 Å². The van der Waals surface area contributed by atoms with E-state index in [0.29, 0.717) is 6.42 Å². The molecule has 0 aliphatic heterocycles. The third-order valence-corrected chi connectivity index (χ3v) is 2.21. The zero-order valence-corrected chi connectivity index (χ0v) is 10.7. The van der Waals surface area contributed by atoms with Crippen molar-refractivity contribution in [3.8, 4) is 0 Å². The van der Waals surface area contributed by atoms with Gasteiger partial charge in [-0.15, -0.1) is 0 Å². The van der Waals surface area contributed by atoms with Gasteiger partial charge in [0.05, 0.1) is 0 Å². The molecule has 0 saturated heterocycles. The minimum absolute atomic E-state index is 0.192. The van der Waals surface area contributed by atoms with Gasteiger partial charge in [0.25, 0.3) is 0 Å². The lowest BCUT2D eigenvalue weighted by atomic mass is 10.1. The van der Waals surface area contributed by atoms with Gasteiger partial charge in [-0.2, -0.15) is 0 Å². The SMILES string of the molecule is CC(C)NC(=O)CCCCCCN(C)C. The van der Waals surface area contributed by atoms with Crippen molar-refractivity contribution in [2.75, 3.05) is 20.6 Å². The van der Waals surface area contributed by atoms with Crippen molar-refractivity contribution >= 4 is 5.91 Å². The van der Waals surface area contributed by atoms with Gasteiger partial charge in [0.15, 0.2) is 0 Å². The van der Waals surface area contributed by atoms with E-state index in [1.165, 1.54) is 19.3 Å². The lowest BCUT2D eigenvalue weighted by molar-refractivity contribution is -0.121. The summed E-state index contributed by atoms with van der Waals surface area (Å²) >= 11 is 0. The first-order chi connectivity index (χ1) is 7.02. The van der Waals surface area contributed by atoms with Crippen LogP contribution in [0.1, 0.15) is 46.0 Å².